The van der Waals surface area contributed by atoms with Crippen molar-refractivity contribution in [2.24, 2.45) is 4.99 Å². The van der Waals surface area contributed by atoms with Crippen LogP contribution in [-0.4, -0.2) is 17.2 Å². The lowest BCUT2D eigenvalue weighted by Crippen LogP contribution is -2.09. The van der Waals surface area contributed by atoms with Gasteiger partial charge in [-0.15, -0.1) is 0 Å². The number of amides is 1. The highest BCUT2D eigenvalue weighted by Gasteiger charge is 2.04. The molecule has 0 radical (unpaired) electrons. The van der Waals surface area contributed by atoms with E-state index in [1.165, 1.54) is 6.21 Å². The molecule has 0 saturated carbocycles. The minimum atomic E-state index is -0.0816. The summed E-state index contributed by atoms with van der Waals surface area (Å²) in [5, 5.41) is 13.0. The van der Waals surface area contributed by atoms with Gasteiger partial charge < -0.3 is 10.4 Å². The predicted molar refractivity (Wildman–Crippen MR) is 93.4 cm³/mol. The first kappa shape index (κ1) is 16.5. The number of carbonyl (C=O) groups excluding carboxylic acids is 1. The summed E-state index contributed by atoms with van der Waals surface area (Å²) in [7, 11) is 0. The molecule has 0 fully saturated rings. The van der Waals surface area contributed by atoms with Crippen molar-refractivity contribution in [3.8, 4) is 5.75 Å². The molecule has 22 heavy (non-hydrogen) atoms. The zero-order chi connectivity index (χ0) is 16.1. The van der Waals surface area contributed by atoms with Gasteiger partial charge in [-0.05, 0) is 36.4 Å². The molecule has 2 rings (SSSR count). The molecule has 0 spiro atoms. The fourth-order valence-electron chi connectivity index (χ4n) is 1.71. The first-order valence-corrected chi connectivity index (χ1v) is 7.78. The van der Waals surface area contributed by atoms with Gasteiger partial charge in [0.05, 0.1) is 10.7 Å². The minimum Gasteiger partial charge on any atom is -0.507 e. The van der Waals surface area contributed by atoms with E-state index in [1.54, 1.807) is 43.3 Å². The molecule has 0 bridgehead atoms. The molecule has 4 nitrogen and oxygen atoms in total. The molecular weight excluding hydrogens is 368 g/mol. The zero-order valence-electron chi connectivity index (χ0n) is 11.8. The third-order valence-electron chi connectivity index (χ3n) is 2.88. The molecule has 2 aromatic rings. The molecule has 0 aliphatic rings. The number of hydrogen-bond donors (Lipinski definition) is 2. The van der Waals surface area contributed by atoms with Crippen LogP contribution in [0.2, 0.25) is 5.02 Å². The van der Waals surface area contributed by atoms with Crippen molar-refractivity contribution in [3.05, 3.63) is 51.5 Å². The number of phenols is 1. The molecule has 0 unspecified atom stereocenters. The summed E-state index contributed by atoms with van der Waals surface area (Å²) in [6, 6.07) is 10.1. The van der Waals surface area contributed by atoms with Crippen LogP contribution in [0.15, 0.2) is 45.9 Å². The Hall–Kier alpha value is -1.85. The molecular formula is C16H14BrClN2O2. The molecule has 0 aliphatic carbocycles. The number of hydrogen-bond acceptors (Lipinski definition) is 3. The summed E-state index contributed by atoms with van der Waals surface area (Å²) >= 11 is 9.44. The van der Waals surface area contributed by atoms with E-state index in [2.05, 4.69) is 26.2 Å². The molecule has 2 N–H and O–H groups in total. The van der Waals surface area contributed by atoms with E-state index in [1.807, 2.05) is 0 Å². The second kappa shape index (κ2) is 7.42. The monoisotopic (exact) mass is 380 g/mol. The highest BCUT2D eigenvalue weighted by Crippen LogP contribution is 2.29. The Morgan fingerprint density at radius 2 is 2.14 bits per heavy atom. The maximum absolute atomic E-state index is 11.4. The molecule has 1 amide bonds. The van der Waals surface area contributed by atoms with E-state index in [0.29, 0.717) is 28.4 Å². The van der Waals surface area contributed by atoms with Gasteiger partial charge in [0.2, 0.25) is 5.91 Å². The van der Waals surface area contributed by atoms with E-state index in [-0.39, 0.29) is 11.7 Å². The topological polar surface area (TPSA) is 61.7 Å². The number of halogens is 2. The van der Waals surface area contributed by atoms with Crippen molar-refractivity contribution in [1.29, 1.82) is 0 Å². The summed E-state index contributed by atoms with van der Waals surface area (Å²) in [4.78, 5) is 15.7. The quantitative estimate of drug-likeness (QED) is 0.739. The molecule has 0 aliphatic heterocycles. The number of carbonyl (C=O) groups is 1. The van der Waals surface area contributed by atoms with Gasteiger partial charge in [0.1, 0.15) is 5.75 Å². The number of aromatic hydroxyl groups is 1. The second-order valence-corrected chi connectivity index (χ2v) is 5.85. The average Bonchev–Trinajstić information content (AvgIpc) is 2.50. The SMILES string of the molecule is CCC(=O)Nc1ccc(Cl)c(N=Cc2cc(Br)ccc2O)c1. The van der Waals surface area contributed by atoms with Gasteiger partial charge in [-0.1, -0.05) is 34.5 Å². The van der Waals surface area contributed by atoms with Gasteiger partial charge >= 0.3 is 0 Å². The summed E-state index contributed by atoms with van der Waals surface area (Å²) in [6.07, 6.45) is 1.92. The first-order valence-electron chi connectivity index (χ1n) is 6.61. The standard InChI is InChI=1S/C16H14BrClN2O2/c1-2-16(22)20-12-4-5-13(18)14(8-12)19-9-10-7-11(17)3-6-15(10)21/h3-9,21H,2H2,1H3,(H,20,22). The van der Waals surface area contributed by atoms with Crippen molar-refractivity contribution < 1.29 is 9.90 Å². The van der Waals surface area contributed by atoms with Crippen LogP contribution in [0.25, 0.3) is 0 Å². The van der Waals surface area contributed by atoms with Crippen LogP contribution in [0.4, 0.5) is 11.4 Å². The van der Waals surface area contributed by atoms with E-state index in [0.717, 1.165) is 4.47 Å². The van der Waals surface area contributed by atoms with Crippen molar-refractivity contribution in [3.63, 3.8) is 0 Å². The maximum atomic E-state index is 11.4. The smallest absolute Gasteiger partial charge is 0.224 e. The normalized spacial score (nSPS) is 10.9. The van der Waals surface area contributed by atoms with Crippen LogP contribution < -0.4 is 5.32 Å². The average molecular weight is 382 g/mol. The van der Waals surface area contributed by atoms with E-state index in [9.17, 15) is 9.90 Å². The minimum absolute atomic E-state index is 0.0816. The first-order chi connectivity index (χ1) is 10.5. The maximum Gasteiger partial charge on any atom is 0.224 e. The summed E-state index contributed by atoms with van der Waals surface area (Å²) in [5.74, 6) is 0.0420. The van der Waals surface area contributed by atoms with Crippen LogP contribution in [0.1, 0.15) is 18.9 Å². The van der Waals surface area contributed by atoms with Crippen LogP contribution in [0, 0.1) is 0 Å². The largest absolute Gasteiger partial charge is 0.507 e. The van der Waals surface area contributed by atoms with Crippen LogP contribution in [0.3, 0.4) is 0 Å². The summed E-state index contributed by atoms with van der Waals surface area (Å²) in [5.41, 5.74) is 1.70. The van der Waals surface area contributed by atoms with Gasteiger partial charge in [0.15, 0.2) is 0 Å². The Kier molecular flexibility index (Phi) is 5.57. The van der Waals surface area contributed by atoms with Crippen LogP contribution in [0.5, 0.6) is 5.75 Å². The van der Waals surface area contributed by atoms with Crippen LogP contribution in [-0.2, 0) is 4.79 Å². The van der Waals surface area contributed by atoms with E-state index >= 15 is 0 Å². The molecule has 0 aromatic heterocycles. The molecule has 0 heterocycles. The number of aliphatic imine (C=N–C) groups is 1. The lowest BCUT2D eigenvalue weighted by atomic mass is 10.2. The highest BCUT2D eigenvalue weighted by atomic mass is 79.9. The number of benzene rings is 2. The molecule has 6 heteroatoms. The van der Waals surface area contributed by atoms with E-state index in [4.69, 9.17) is 11.6 Å². The highest BCUT2D eigenvalue weighted by molar-refractivity contribution is 9.10. The second-order valence-electron chi connectivity index (χ2n) is 4.53. The Morgan fingerprint density at radius 3 is 2.86 bits per heavy atom. The Bertz CT molecular complexity index is 732. The number of nitrogens with one attached hydrogen (secondary N) is 1. The van der Waals surface area contributed by atoms with Gasteiger partial charge in [0, 0.05) is 28.4 Å². The molecule has 0 saturated heterocycles. The fraction of sp³-hybridized carbons (Fsp3) is 0.125. The van der Waals surface area contributed by atoms with Gasteiger partial charge in [-0.2, -0.15) is 0 Å². The summed E-state index contributed by atoms with van der Waals surface area (Å²) in [6.45, 7) is 1.78. The van der Waals surface area contributed by atoms with Crippen molar-refractivity contribution in [2.45, 2.75) is 13.3 Å². The van der Waals surface area contributed by atoms with Crippen molar-refractivity contribution in [1.82, 2.24) is 0 Å². The number of phenolic OH excluding ortho intramolecular Hbond substituents is 1. The number of nitrogens with zero attached hydrogens (tertiary/aromatic N) is 1. The Labute approximate surface area is 142 Å². The predicted octanol–water partition coefficient (Wildman–Crippen LogP) is 4.91. The number of rotatable bonds is 4. The number of anilines is 1. The lowest BCUT2D eigenvalue weighted by Gasteiger charge is -2.06. The van der Waals surface area contributed by atoms with Crippen LogP contribution >= 0.6 is 27.5 Å². The Balaban J connectivity index is 2.28. The molecule has 2 aromatic carbocycles. The fourth-order valence-corrected chi connectivity index (χ4v) is 2.25. The zero-order valence-corrected chi connectivity index (χ0v) is 14.1. The van der Waals surface area contributed by atoms with Crippen molar-refractivity contribution >= 4 is 51.0 Å². The molecule has 0 atom stereocenters. The van der Waals surface area contributed by atoms with E-state index < -0.39 is 0 Å². The third kappa shape index (κ3) is 4.32. The lowest BCUT2D eigenvalue weighted by molar-refractivity contribution is -0.115. The van der Waals surface area contributed by atoms with Gasteiger partial charge in [-0.3, -0.25) is 9.79 Å². The van der Waals surface area contributed by atoms with Gasteiger partial charge in [0.25, 0.3) is 0 Å². The Morgan fingerprint density at radius 1 is 1.36 bits per heavy atom. The third-order valence-corrected chi connectivity index (χ3v) is 3.70. The van der Waals surface area contributed by atoms with Crippen molar-refractivity contribution in [2.75, 3.05) is 5.32 Å². The molecule has 114 valence electrons. The summed E-state index contributed by atoms with van der Waals surface area (Å²) < 4.78 is 0.835. The van der Waals surface area contributed by atoms with Gasteiger partial charge in [-0.25, -0.2) is 0 Å².